The summed E-state index contributed by atoms with van der Waals surface area (Å²) in [5.41, 5.74) is 7.39. The summed E-state index contributed by atoms with van der Waals surface area (Å²) in [6.45, 7) is 7.01. The molecule has 2 nitrogen and oxygen atoms in total. The maximum absolute atomic E-state index is 6.09. The minimum atomic E-state index is 0.149. The molecule has 0 heterocycles. The number of nitrogens with two attached hydrogens (primary N) is 1. The number of halogens is 1. The molecule has 0 saturated heterocycles. The van der Waals surface area contributed by atoms with Gasteiger partial charge in [0.2, 0.25) is 0 Å². The zero-order valence-electron chi connectivity index (χ0n) is 9.96. The molecule has 16 heavy (non-hydrogen) atoms. The summed E-state index contributed by atoms with van der Waals surface area (Å²) in [4.78, 5) is 0. The predicted molar refractivity (Wildman–Crippen MR) is 67.1 cm³/mol. The molecular formula is C13H18ClNO. The Balaban J connectivity index is 2.36. The van der Waals surface area contributed by atoms with Crippen LogP contribution in [0.25, 0.3) is 0 Å². The van der Waals surface area contributed by atoms with Crippen LogP contribution in [0.4, 0.5) is 0 Å². The van der Waals surface area contributed by atoms with Crippen molar-refractivity contribution in [1.29, 1.82) is 0 Å². The van der Waals surface area contributed by atoms with Gasteiger partial charge in [0, 0.05) is 22.5 Å². The molecule has 2 rings (SSSR count). The molecule has 0 aromatic heterocycles. The largest absolute Gasteiger partial charge is 0.494 e. The van der Waals surface area contributed by atoms with Crippen LogP contribution in [0.1, 0.15) is 32.3 Å². The summed E-state index contributed by atoms with van der Waals surface area (Å²) < 4.78 is 5.62. The zero-order valence-corrected chi connectivity index (χ0v) is 10.7. The first kappa shape index (κ1) is 11.7. The Hall–Kier alpha value is -0.730. The van der Waals surface area contributed by atoms with Crippen molar-refractivity contribution in [3.8, 4) is 5.75 Å². The van der Waals surface area contributed by atoms with Crippen LogP contribution in [0.3, 0.4) is 0 Å². The van der Waals surface area contributed by atoms with E-state index in [1.165, 1.54) is 0 Å². The first-order chi connectivity index (χ1) is 7.48. The highest BCUT2D eigenvalue weighted by molar-refractivity contribution is 6.30. The van der Waals surface area contributed by atoms with E-state index in [4.69, 9.17) is 22.1 Å². The normalized spacial score (nSPS) is 26.6. The Bertz CT molecular complexity index is 403. The van der Waals surface area contributed by atoms with Crippen LogP contribution in [0, 0.1) is 5.41 Å². The van der Waals surface area contributed by atoms with Gasteiger partial charge in [-0.1, -0.05) is 25.4 Å². The highest BCUT2D eigenvalue weighted by atomic mass is 35.5. The van der Waals surface area contributed by atoms with Gasteiger partial charge < -0.3 is 10.5 Å². The fourth-order valence-corrected chi connectivity index (χ4v) is 2.50. The van der Waals surface area contributed by atoms with E-state index in [1.807, 2.05) is 25.1 Å². The zero-order chi connectivity index (χ0) is 11.9. The molecule has 2 atom stereocenters. The fourth-order valence-electron chi connectivity index (χ4n) is 2.32. The Morgan fingerprint density at radius 3 is 2.56 bits per heavy atom. The fraction of sp³-hybridized carbons (Fsp3) is 0.538. The molecule has 3 heteroatoms. The molecule has 0 spiro atoms. The van der Waals surface area contributed by atoms with Crippen molar-refractivity contribution >= 4 is 11.6 Å². The average molecular weight is 240 g/mol. The molecule has 1 fully saturated rings. The molecule has 2 unspecified atom stereocenters. The van der Waals surface area contributed by atoms with Crippen molar-refractivity contribution in [3.63, 3.8) is 0 Å². The molecule has 88 valence electrons. The highest BCUT2D eigenvalue weighted by Gasteiger charge is 2.57. The lowest BCUT2D eigenvalue weighted by atomic mass is 10.0. The van der Waals surface area contributed by atoms with E-state index < -0.39 is 0 Å². The van der Waals surface area contributed by atoms with E-state index in [9.17, 15) is 0 Å². The molecule has 0 radical (unpaired) electrons. The number of hydrogen-bond donors (Lipinski definition) is 1. The van der Waals surface area contributed by atoms with Gasteiger partial charge >= 0.3 is 0 Å². The Labute approximate surface area is 102 Å². The summed E-state index contributed by atoms with van der Waals surface area (Å²) >= 11 is 6.03. The van der Waals surface area contributed by atoms with E-state index in [0.29, 0.717) is 12.5 Å². The Kier molecular flexibility index (Phi) is 2.89. The summed E-state index contributed by atoms with van der Waals surface area (Å²) in [5.74, 6) is 1.27. The van der Waals surface area contributed by atoms with Gasteiger partial charge in [-0.2, -0.15) is 0 Å². The molecule has 0 aliphatic heterocycles. The van der Waals surface area contributed by atoms with Crippen LogP contribution >= 0.6 is 11.6 Å². The topological polar surface area (TPSA) is 35.2 Å². The third-order valence-electron chi connectivity index (χ3n) is 3.52. The molecule has 0 amide bonds. The number of ether oxygens (including phenoxy) is 1. The average Bonchev–Trinajstić information content (AvgIpc) is 2.70. The van der Waals surface area contributed by atoms with E-state index in [0.717, 1.165) is 16.3 Å². The van der Waals surface area contributed by atoms with Gasteiger partial charge in [0.05, 0.1) is 6.61 Å². The molecule has 1 saturated carbocycles. The van der Waals surface area contributed by atoms with Crippen molar-refractivity contribution in [2.45, 2.75) is 32.7 Å². The van der Waals surface area contributed by atoms with Crippen molar-refractivity contribution in [2.75, 3.05) is 6.61 Å². The van der Waals surface area contributed by atoms with E-state index in [-0.39, 0.29) is 11.5 Å². The van der Waals surface area contributed by atoms with Gasteiger partial charge in [0.25, 0.3) is 0 Å². The molecule has 1 aliphatic rings. The molecule has 1 aromatic carbocycles. The van der Waals surface area contributed by atoms with Crippen LogP contribution in [-0.4, -0.2) is 12.6 Å². The van der Waals surface area contributed by atoms with E-state index >= 15 is 0 Å². The lowest BCUT2D eigenvalue weighted by Crippen LogP contribution is -2.06. The van der Waals surface area contributed by atoms with Gasteiger partial charge in [-0.25, -0.2) is 0 Å². The lowest BCUT2D eigenvalue weighted by Gasteiger charge is -2.11. The maximum Gasteiger partial charge on any atom is 0.122 e. The molecule has 2 N–H and O–H groups in total. The van der Waals surface area contributed by atoms with Crippen LogP contribution < -0.4 is 10.5 Å². The van der Waals surface area contributed by atoms with Crippen molar-refractivity contribution in [3.05, 3.63) is 28.8 Å². The lowest BCUT2D eigenvalue weighted by molar-refractivity contribution is 0.335. The molecule has 1 aliphatic carbocycles. The number of rotatable bonds is 3. The van der Waals surface area contributed by atoms with Gasteiger partial charge in [0.15, 0.2) is 0 Å². The van der Waals surface area contributed by atoms with Gasteiger partial charge in [-0.3, -0.25) is 0 Å². The van der Waals surface area contributed by atoms with Crippen LogP contribution in [0.15, 0.2) is 18.2 Å². The second kappa shape index (κ2) is 3.94. The maximum atomic E-state index is 6.09. The number of hydrogen-bond acceptors (Lipinski definition) is 2. The van der Waals surface area contributed by atoms with Crippen LogP contribution in [-0.2, 0) is 0 Å². The summed E-state index contributed by atoms with van der Waals surface area (Å²) in [6, 6.07) is 5.97. The molecule has 1 aromatic rings. The van der Waals surface area contributed by atoms with Crippen LogP contribution in [0.2, 0.25) is 5.02 Å². The summed E-state index contributed by atoms with van der Waals surface area (Å²) in [6.07, 6.45) is 0. The standard InChI is InChI=1S/C13H18ClNO/c1-4-16-10-6-5-8(14)7-9(10)11-12(15)13(11,2)3/h5-7,11-12H,4,15H2,1-3H3. The SMILES string of the molecule is CCOc1ccc(Cl)cc1C1C(N)C1(C)C. The van der Waals surface area contributed by atoms with Crippen LogP contribution in [0.5, 0.6) is 5.75 Å². The third kappa shape index (κ3) is 1.80. The summed E-state index contributed by atoms with van der Waals surface area (Å²) in [7, 11) is 0. The van der Waals surface area contributed by atoms with Gasteiger partial charge in [-0.15, -0.1) is 0 Å². The highest BCUT2D eigenvalue weighted by Crippen LogP contribution is 2.59. The predicted octanol–water partition coefficient (Wildman–Crippen LogP) is 3.19. The Morgan fingerprint density at radius 2 is 2.06 bits per heavy atom. The monoisotopic (exact) mass is 239 g/mol. The third-order valence-corrected chi connectivity index (χ3v) is 3.75. The first-order valence-electron chi connectivity index (χ1n) is 5.66. The second-order valence-electron chi connectivity index (χ2n) is 4.94. The second-order valence-corrected chi connectivity index (χ2v) is 5.38. The van der Waals surface area contributed by atoms with E-state index in [1.54, 1.807) is 0 Å². The minimum absolute atomic E-state index is 0.149. The van der Waals surface area contributed by atoms with E-state index in [2.05, 4.69) is 13.8 Å². The first-order valence-corrected chi connectivity index (χ1v) is 6.04. The van der Waals surface area contributed by atoms with Gasteiger partial charge in [-0.05, 0) is 30.5 Å². The van der Waals surface area contributed by atoms with Gasteiger partial charge in [0.1, 0.15) is 5.75 Å². The van der Waals surface area contributed by atoms with Crippen molar-refractivity contribution < 1.29 is 4.74 Å². The minimum Gasteiger partial charge on any atom is -0.494 e. The quantitative estimate of drug-likeness (QED) is 0.879. The summed E-state index contributed by atoms with van der Waals surface area (Å²) in [5, 5.41) is 0.744. The Morgan fingerprint density at radius 1 is 1.44 bits per heavy atom. The van der Waals surface area contributed by atoms with Crippen molar-refractivity contribution in [2.24, 2.45) is 11.1 Å². The smallest absolute Gasteiger partial charge is 0.122 e. The number of benzene rings is 1. The molecule has 0 bridgehead atoms. The molecular weight excluding hydrogens is 222 g/mol. The van der Waals surface area contributed by atoms with Crippen molar-refractivity contribution in [1.82, 2.24) is 0 Å².